The summed E-state index contributed by atoms with van der Waals surface area (Å²) in [6.45, 7) is 12.0. The zero-order valence-electron chi connectivity index (χ0n) is 21.1. The van der Waals surface area contributed by atoms with Gasteiger partial charge in [0.15, 0.2) is 0 Å². The zero-order valence-corrected chi connectivity index (χ0v) is 21.1. The Morgan fingerprint density at radius 2 is 1.85 bits per heavy atom. The Labute approximate surface area is 201 Å². The van der Waals surface area contributed by atoms with E-state index in [-0.39, 0.29) is 18.8 Å². The zero-order chi connectivity index (χ0) is 25.9. The van der Waals surface area contributed by atoms with Crippen molar-refractivity contribution >= 4 is 18.0 Å². The molecule has 1 rings (SSSR count). The number of amides is 2. The molecule has 9 nitrogen and oxygen atoms in total. The molecule has 1 atom stereocenters. The van der Waals surface area contributed by atoms with Crippen LogP contribution < -0.4 is 14.8 Å². The highest BCUT2D eigenvalue weighted by Crippen LogP contribution is 2.26. The fraction of sp³-hybridized carbons (Fsp3) is 0.480. The second-order valence-electron chi connectivity index (χ2n) is 8.45. The Bertz CT molecular complexity index is 903. The van der Waals surface area contributed by atoms with Gasteiger partial charge in [-0.1, -0.05) is 12.2 Å². The number of hydrogen-bond acceptors (Lipinski definition) is 7. The molecular weight excluding hydrogens is 440 g/mol. The SMILES string of the molecule is C=CC[C@@H](CN(Cc1ccc(OC)cc1OC)C(=O)/C(=C\C)NC(=O)OC(C)(C)C)OC(C)=O. The third-order valence-corrected chi connectivity index (χ3v) is 4.48. The van der Waals surface area contributed by atoms with Gasteiger partial charge in [-0.25, -0.2) is 4.79 Å². The minimum Gasteiger partial charge on any atom is -0.497 e. The highest BCUT2D eigenvalue weighted by Gasteiger charge is 2.26. The van der Waals surface area contributed by atoms with E-state index >= 15 is 0 Å². The van der Waals surface area contributed by atoms with Crippen molar-refractivity contribution in [2.45, 2.75) is 59.3 Å². The monoisotopic (exact) mass is 476 g/mol. The first-order chi connectivity index (χ1) is 15.9. The molecule has 0 radical (unpaired) electrons. The van der Waals surface area contributed by atoms with Crippen molar-refractivity contribution in [3.63, 3.8) is 0 Å². The fourth-order valence-corrected chi connectivity index (χ4v) is 3.07. The average molecular weight is 477 g/mol. The van der Waals surface area contributed by atoms with Crippen molar-refractivity contribution in [1.29, 1.82) is 0 Å². The van der Waals surface area contributed by atoms with Gasteiger partial charge in [0.05, 0.1) is 20.8 Å². The second kappa shape index (κ2) is 13.3. The molecule has 0 aliphatic heterocycles. The third-order valence-electron chi connectivity index (χ3n) is 4.48. The molecule has 0 aromatic heterocycles. The maximum absolute atomic E-state index is 13.5. The molecule has 34 heavy (non-hydrogen) atoms. The number of esters is 1. The lowest BCUT2D eigenvalue weighted by atomic mass is 10.1. The summed E-state index contributed by atoms with van der Waals surface area (Å²) in [5.41, 5.74) is -0.00145. The number of benzene rings is 1. The lowest BCUT2D eigenvalue weighted by molar-refractivity contribution is -0.149. The second-order valence-corrected chi connectivity index (χ2v) is 8.45. The summed E-state index contributed by atoms with van der Waals surface area (Å²) in [5, 5.41) is 2.51. The minimum absolute atomic E-state index is 0.0295. The van der Waals surface area contributed by atoms with E-state index in [1.807, 2.05) is 0 Å². The molecule has 0 fully saturated rings. The van der Waals surface area contributed by atoms with Gasteiger partial charge in [0.2, 0.25) is 0 Å². The summed E-state index contributed by atoms with van der Waals surface area (Å²) in [6.07, 6.45) is 2.06. The number of nitrogens with one attached hydrogen (secondary N) is 1. The van der Waals surface area contributed by atoms with Crippen LogP contribution in [0.5, 0.6) is 11.5 Å². The largest absolute Gasteiger partial charge is 0.497 e. The smallest absolute Gasteiger partial charge is 0.412 e. The molecule has 188 valence electrons. The highest BCUT2D eigenvalue weighted by atomic mass is 16.6. The fourth-order valence-electron chi connectivity index (χ4n) is 3.07. The standard InChI is InChI=1S/C25H36N2O7/c1-9-11-20(33-17(3)28)16-27(15-18-12-13-19(31-7)14-22(18)32-8)23(29)21(10-2)26-24(30)34-25(4,5)6/h9-10,12-14,20H,1,11,15-16H2,2-8H3,(H,26,30)/b21-10+/t20-/m0/s1. The predicted octanol–water partition coefficient (Wildman–Crippen LogP) is 3.97. The molecular formula is C25H36N2O7. The summed E-state index contributed by atoms with van der Waals surface area (Å²) in [4.78, 5) is 38.8. The number of ether oxygens (including phenoxy) is 4. The van der Waals surface area contributed by atoms with Gasteiger partial charge in [0.1, 0.15) is 28.9 Å². The predicted molar refractivity (Wildman–Crippen MR) is 128 cm³/mol. The van der Waals surface area contributed by atoms with Crippen molar-refractivity contribution in [2.75, 3.05) is 20.8 Å². The summed E-state index contributed by atoms with van der Waals surface area (Å²) >= 11 is 0. The Hall–Kier alpha value is -3.49. The molecule has 0 aliphatic carbocycles. The Kier molecular flexibility index (Phi) is 11.1. The molecule has 0 unspecified atom stereocenters. The molecule has 0 bridgehead atoms. The Balaban J connectivity index is 3.29. The van der Waals surface area contributed by atoms with Crippen LogP contribution in [0.1, 0.15) is 46.6 Å². The van der Waals surface area contributed by atoms with Crippen LogP contribution in [0.25, 0.3) is 0 Å². The first-order valence-electron chi connectivity index (χ1n) is 10.9. The van der Waals surface area contributed by atoms with Gasteiger partial charge in [-0.3, -0.25) is 14.9 Å². The Morgan fingerprint density at radius 1 is 1.18 bits per heavy atom. The van der Waals surface area contributed by atoms with E-state index < -0.39 is 29.7 Å². The van der Waals surface area contributed by atoms with Gasteiger partial charge in [0.25, 0.3) is 5.91 Å². The molecule has 9 heteroatoms. The van der Waals surface area contributed by atoms with Gasteiger partial charge in [-0.2, -0.15) is 0 Å². The van der Waals surface area contributed by atoms with Crippen LogP contribution in [0.15, 0.2) is 42.6 Å². The number of rotatable bonds is 11. The maximum Gasteiger partial charge on any atom is 0.412 e. The maximum atomic E-state index is 13.5. The van der Waals surface area contributed by atoms with Gasteiger partial charge in [-0.15, -0.1) is 6.58 Å². The van der Waals surface area contributed by atoms with Crippen LogP contribution >= 0.6 is 0 Å². The van der Waals surface area contributed by atoms with Gasteiger partial charge >= 0.3 is 12.1 Å². The number of alkyl carbamates (subject to hydrolysis) is 1. The number of carbonyl (C=O) groups excluding carboxylic acids is 3. The molecule has 0 aliphatic rings. The Morgan fingerprint density at radius 3 is 2.35 bits per heavy atom. The van der Waals surface area contributed by atoms with Gasteiger partial charge in [0, 0.05) is 31.5 Å². The van der Waals surface area contributed by atoms with Crippen LogP contribution in [0.2, 0.25) is 0 Å². The molecule has 0 heterocycles. The van der Waals surface area contributed by atoms with Crippen molar-refractivity contribution in [1.82, 2.24) is 10.2 Å². The highest BCUT2D eigenvalue weighted by molar-refractivity contribution is 5.96. The van der Waals surface area contributed by atoms with E-state index in [4.69, 9.17) is 18.9 Å². The number of methoxy groups -OCH3 is 2. The van der Waals surface area contributed by atoms with Gasteiger partial charge < -0.3 is 23.8 Å². The summed E-state index contributed by atoms with van der Waals surface area (Å²) in [5.74, 6) is 0.169. The minimum atomic E-state index is -0.751. The number of allylic oxidation sites excluding steroid dienone is 1. The lowest BCUT2D eigenvalue weighted by Crippen LogP contribution is -2.43. The summed E-state index contributed by atoms with van der Waals surface area (Å²) < 4.78 is 21.4. The van der Waals surface area contributed by atoms with Crippen molar-refractivity contribution < 1.29 is 33.3 Å². The molecule has 0 spiro atoms. The van der Waals surface area contributed by atoms with E-state index in [1.165, 1.54) is 25.0 Å². The van der Waals surface area contributed by atoms with E-state index in [2.05, 4.69) is 11.9 Å². The van der Waals surface area contributed by atoms with Crippen molar-refractivity contribution in [2.24, 2.45) is 0 Å². The van der Waals surface area contributed by atoms with Crippen LogP contribution in [0.4, 0.5) is 4.79 Å². The normalized spacial score (nSPS) is 12.3. The molecule has 1 N–H and O–H groups in total. The van der Waals surface area contributed by atoms with Crippen molar-refractivity contribution in [3.8, 4) is 11.5 Å². The van der Waals surface area contributed by atoms with E-state index in [0.717, 1.165) is 0 Å². The topological polar surface area (TPSA) is 103 Å². The number of hydrogen-bond donors (Lipinski definition) is 1. The summed E-state index contributed by atoms with van der Waals surface area (Å²) in [6, 6.07) is 5.24. The molecule has 1 aromatic rings. The number of nitrogens with zero attached hydrogens (tertiary/aromatic N) is 1. The number of carbonyl (C=O) groups is 3. The lowest BCUT2D eigenvalue weighted by Gasteiger charge is -2.29. The summed E-state index contributed by atoms with van der Waals surface area (Å²) in [7, 11) is 3.06. The molecule has 0 saturated heterocycles. The quantitative estimate of drug-likeness (QED) is 0.293. The van der Waals surface area contributed by atoms with Crippen LogP contribution in [-0.2, 0) is 25.6 Å². The third kappa shape index (κ3) is 9.56. The molecule has 0 saturated carbocycles. The van der Waals surface area contributed by atoms with E-state index in [9.17, 15) is 14.4 Å². The van der Waals surface area contributed by atoms with Gasteiger partial charge in [-0.05, 0) is 39.8 Å². The first-order valence-corrected chi connectivity index (χ1v) is 10.9. The van der Waals surface area contributed by atoms with Crippen molar-refractivity contribution in [3.05, 3.63) is 48.2 Å². The van der Waals surface area contributed by atoms with Crippen LogP contribution in [0, 0.1) is 0 Å². The molecule has 1 aromatic carbocycles. The first kappa shape index (κ1) is 28.5. The molecule has 2 amide bonds. The average Bonchev–Trinajstić information content (AvgIpc) is 2.75. The van der Waals surface area contributed by atoms with E-state index in [0.29, 0.717) is 23.5 Å². The van der Waals surface area contributed by atoms with E-state index in [1.54, 1.807) is 59.1 Å². The van der Waals surface area contributed by atoms with Crippen LogP contribution in [-0.4, -0.2) is 55.3 Å². The van der Waals surface area contributed by atoms with Crippen LogP contribution in [0.3, 0.4) is 0 Å².